The first kappa shape index (κ1) is 16.2. The number of hydrogen-bond acceptors (Lipinski definition) is 4. The molecule has 0 aromatic heterocycles. The van der Waals surface area contributed by atoms with Crippen LogP contribution in [0.5, 0.6) is 0 Å². The molecule has 0 bridgehead atoms. The van der Waals surface area contributed by atoms with Crippen molar-refractivity contribution >= 4 is 0 Å². The van der Waals surface area contributed by atoms with Crippen molar-refractivity contribution in [1.82, 2.24) is 15.1 Å². The first-order valence-corrected chi connectivity index (χ1v) is 8.42. The minimum Gasteiger partial charge on any atom is -0.385 e. The smallest absolute Gasteiger partial charge is 0.0474 e. The summed E-state index contributed by atoms with van der Waals surface area (Å²) in [5, 5.41) is 3.57. The first-order valence-electron chi connectivity index (χ1n) is 8.42. The lowest BCUT2D eigenvalue weighted by atomic mass is 9.96. The van der Waals surface area contributed by atoms with Crippen LogP contribution in [0.2, 0.25) is 0 Å². The molecule has 3 atom stereocenters. The minimum absolute atomic E-state index is 0.636. The third kappa shape index (κ3) is 4.42. The molecule has 2 rings (SSSR count). The van der Waals surface area contributed by atoms with Gasteiger partial charge in [0.2, 0.25) is 0 Å². The lowest BCUT2D eigenvalue weighted by molar-refractivity contribution is -0.00375. The molecule has 4 nitrogen and oxygen atoms in total. The maximum Gasteiger partial charge on any atom is 0.0474 e. The molecule has 2 fully saturated rings. The van der Waals surface area contributed by atoms with Gasteiger partial charge in [0.15, 0.2) is 0 Å². The van der Waals surface area contributed by atoms with E-state index in [1.165, 1.54) is 38.9 Å². The van der Waals surface area contributed by atoms with Crippen molar-refractivity contribution in [3.05, 3.63) is 0 Å². The van der Waals surface area contributed by atoms with E-state index < -0.39 is 0 Å². The summed E-state index contributed by atoms with van der Waals surface area (Å²) in [4.78, 5) is 5.44. The fourth-order valence-corrected chi connectivity index (χ4v) is 3.76. The number of rotatable bonds is 7. The number of piperidine rings is 1. The van der Waals surface area contributed by atoms with Crippen molar-refractivity contribution in [1.29, 1.82) is 0 Å². The van der Waals surface area contributed by atoms with E-state index in [0.29, 0.717) is 12.1 Å². The van der Waals surface area contributed by atoms with E-state index in [0.717, 1.165) is 32.2 Å². The van der Waals surface area contributed by atoms with Crippen LogP contribution in [0.1, 0.15) is 39.5 Å². The van der Waals surface area contributed by atoms with Gasteiger partial charge in [0, 0.05) is 51.5 Å². The Morgan fingerprint density at radius 3 is 2.95 bits per heavy atom. The van der Waals surface area contributed by atoms with Crippen LogP contribution in [0.3, 0.4) is 0 Å². The summed E-state index contributed by atoms with van der Waals surface area (Å²) in [6, 6.07) is 2.15. The molecule has 0 spiro atoms. The summed E-state index contributed by atoms with van der Waals surface area (Å²) in [6.07, 6.45) is 5.33. The topological polar surface area (TPSA) is 27.7 Å². The van der Waals surface area contributed by atoms with E-state index in [1.807, 2.05) is 0 Å². The molecule has 118 valence electrons. The number of piperazine rings is 1. The van der Waals surface area contributed by atoms with Gasteiger partial charge in [-0.05, 0) is 46.2 Å². The first-order chi connectivity index (χ1) is 9.72. The van der Waals surface area contributed by atoms with Crippen molar-refractivity contribution < 1.29 is 4.74 Å². The predicted molar refractivity (Wildman–Crippen MR) is 84.2 cm³/mol. The molecule has 2 heterocycles. The van der Waals surface area contributed by atoms with E-state index in [2.05, 4.69) is 29.0 Å². The van der Waals surface area contributed by atoms with Gasteiger partial charge in [0.05, 0.1) is 0 Å². The molecule has 0 radical (unpaired) electrons. The van der Waals surface area contributed by atoms with E-state index >= 15 is 0 Å². The Labute approximate surface area is 124 Å². The summed E-state index contributed by atoms with van der Waals surface area (Å²) < 4.78 is 5.09. The number of ether oxygens (including phenoxy) is 1. The molecular formula is C16H33N3O. The second-order valence-electron chi connectivity index (χ2n) is 6.59. The van der Waals surface area contributed by atoms with Gasteiger partial charge in [-0.25, -0.2) is 0 Å². The number of nitrogens with one attached hydrogen (secondary N) is 1. The summed E-state index contributed by atoms with van der Waals surface area (Å²) in [5.41, 5.74) is 0. The van der Waals surface area contributed by atoms with Gasteiger partial charge in [0.1, 0.15) is 0 Å². The normalized spacial score (nSPS) is 30.1. The molecule has 3 unspecified atom stereocenters. The van der Waals surface area contributed by atoms with Gasteiger partial charge in [-0.15, -0.1) is 0 Å². The van der Waals surface area contributed by atoms with Gasteiger partial charge in [-0.1, -0.05) is 6.42 Å². The van der Waals surface area contributed by atoms with Crippen LogP contribution in [0.25, 0.3) is 0 Å². The highest BCUT2D eigenvalue weighted by Crippen LogP contribution is 2.25. The average Bonchev–Trinajstić information content (AvgIpc) is 2.46. The third-order valence-corrected chi connectivity index (χ3v) is 4.94. The Morgan fingerprint density at radius 1 is 1.30 bits per heavy atom. The molecule has 1 N–H and O–H groups in total. The second kappa shape index (κ2) is 8.32. The zero-order valence-electron chi connectivity index (χ0n) is 13.6. The molecule has 0 aliphatic carbocycles. The zero-order chi connectivity index (χ0) is 14.4. The van der Waals surface area contributed by atoms with Gasteiger partial charge in [0.25, 0.3) is 0 Å². The number of nitrogens with zero attached hydrogens (tertiary/aromatic N) is 2. The highest BCUT2D eigenvalue weighted by Gasteiger charge is 2.34. The van der Waals surface area contributed by atoms with E-state index in [4.69, 9.17) is 4.74 Å². The fraction of sp³-hybridized carbons (Fsp3) is 1.00. The highest BCUT2D eigenvalue weighted by atomic mass is 16.5. The number of hydrogen-bond donors (Lipinski definition) is 1. The van der Waals surface area contributed by atoms with E-state index in [9.17, 15) is 0 Å². The maximum absolute atomic E-state index is 5.09. The summed E-state index contributed by atoms with van der Waals surface area (Å²) >= 11 is 0. The van der Waals surface area contributed by atoms with Gasteiger partial charge in [-0.2, -0.15) is 0 Å². The van der Waals surface area contributed by atoms with Gasteiger partial charge in [-0.3, -0.25) is 9.80 Å². The van der Waals surface area contributed by atoms with Crippen LogP contribution < -0.4 is 5.32 Å². The van der Waals surface area contributed by atoms with Crippen LogP contribution in [-0.4, -0.2) is 74.4 Å². The third-order valence-electron chi connectivity index (χ3n) is 4.94. The molecule has 4 heteroatoms. The van der Waals surface area contributed by atoms with E-state index in [-0.39, 0.29) is 0 Å². The Kier molecular flexibility index (Phi) is 6.75. The summed E-state index contributed by atoms with van der Waals surface area (Å²) in [6.45, 7) is 11.6. The largest absolute Gasteiger partial charge is 0.385 e. The number of fused-ring (bicyclic) bond motifs is 1. The van der Waals surface area contributed by atoms with Crippen LogP contribution in [0.15, 0.2) is 0 Å². The van der Waals surface area contributed by atoms with Crippen LogP contribution >= 0.6 is 0 Å². The standard InChI is InChI=1S/C16H33N3O/c1-14(11-17-8-6-10-20-3)19-13-16-7-4-5-9-18(16)12-15(19)2/h14-17H,4-13H2,1-3H3. The van der Waals surface area contributed by atoms with Crippen molar-refractivity contribution in [3.8, 4) is 0 Å². The molecule has 0 aromatic rings. The maximum atomic E-state index is 5.09. The molecule has 0 saturated carbocycles. The Balaban J connectivity index is 1.72. The number of methoxy groups -OCH3 is 1. The van der Waals surface area contributed by atoms with Crippen molar-refractivity contribution in [2.24, 2.45) is 0 Å². The second-order valence-corrected chi connectivity index (χ2v) is 6.59. The van der Waals surface area contributed by atoms with Crippen LogP contribution in [0.4, 0.5) is 0 Å². The van der Waals surface area contributed by atoms with Gasteiger partial charge < -0.3 is 10.1 Å². The SMILES string of the molecule is COCCCNCC(C)N1CC2CCCCN2CC1C. The average molecular weight is 283 g/mol. The minimum atomic E-state index is 0.636. The monoisotopic (exact) mass is 283 g/mol. The molecule has 2 aliphatic rings. The molecule has 2 aliphatic heterocycles. The van der Waals surface area contributed by atoms with Crippen molar-refractivity contribution in [3.63, 3.8) is 0 Å². The molecule has 0 amide bonds. The summed E-state index contributed by atoms with van der Waals surface area (Å²) in [7, 11) is 1.77. The molecule has 0 aromatic carbocycles. The van der Waals surface area contributed by atoms with Crippen molar-refractivity contribution in [2.75, 3.05) is 46.4 Å². The Morgan fingerprint density at radius 2 is 2.15 bits per heavy atom. The fourth-order valence-electron chi connectivity index (χ4n) is 3.76. The lowest BCUT2D eigenvalue weighted by Gasteiger charge is -2.49. The van der Waals surface area contributed by atoms with Crippen LogP contribution in [-0.2, 0) is 4.74 Å². The van der Waals surface area contributed by atoms with E-state index in [1.54, 1.807) is 7.11 Å². The lowest BCUT2D eigenvalue weighted by Crippen LogP contribution is -2.61. The van der Waals surface area contributed by atoms with Crippen LogP contribution in [0, 0.1) is 0 Å². The molecule has 20 heavy (non-hydrogen) atoms. The van der Waals surface area contributed by atoms with Crippen molar-refractivity contribution in [2.45, 2.75) is 57.7 Å². The summed E-state index contributed by atoms with van der Waals surface area (Å²) in [5.74, 6) is 0. The Bertz CT molecular complexity index is 274. The molecule has 2 saturated heterocycles. The predicted octanol–water partition coefficient (Wildman–Crippen LogP) is 1.56. The highest BCUT2D eigenvalue weighted by molar-refractivity contribution is 4.91. The quantitative estimate of drug-likeness (QED) is 0.718. The van der Waals surface area contributed by atoms with Gasteiger partial charge >= 0.3 is 0 Å². The molecular weight excluding hydrogens is 250 g/mol. The Hall–Kier alpha value is -0.160. The zero-order valence-corrected chi connectivity index (χ0v) is 13.6.